The molecule has 2 aliphatic rings. The summed E-state index contributed by atoms with van der Waals surface area (Å²) in [6, 6.07) is 0.613. The Balaban J connectivity index is 1.91. The third-order valence-electron chi connectivity index (χ3n) is 3.79. The highest BCUT2D eigenvalue weighted by Crippen LogP contribution is 2.17. The third-order valence-corrected chi connectivity index (χ3v) is 3.79. The second kappa shape index (κ2) is 6.09. The maximum atomic E-state index is 12.1. The van der Waals surface area contributed by atoms with E-state index in [9.17, 15) is 4.79 Å². The van der Waals surface area contributed by atoms with Crippen molar-refractivity contribution in [3.8, 4) is 0 Å². The summed E-state index contributed by atoms with van der Waals surface area (Å²) in [6.07, 6.45) is 2.08. The van der Waals surface area contributed by atoms with Gasteiger partial charge in [-0.1, -0.05) is 0 Å². The minimum Gasteiger partial charge on any atom is -0.444 e. The Morgan fingerprint density at radius 3 is 2.63 bits per heavy atom. The molecule has 2 rings (SSSR count). The largest absolute Gasteiger partial charge is 0.444 e. The van der Waals surface area contributed by atoms with E-state index in [0.29, 0.717) is 6.04 Å². The van der Waals surface area contributed by atoms with E-state index >= 15 is 0 Å². The van der Waals surface area contributed by atoms with Crippen molar-refractivity contribution in [3.63, 3.8) is 0 Å². The van der Waals surface area contributed by atoms with E-state index in [0.717, 1.165) is 45.7 Å². The molecule has 0 aromatic rings. The zero-order chi connectivity index (χ0) is 13.9. The fourth-order valence-electron chi connectivity index (χ4n) is 2.78. The van der Waals surface area contributed by atoms with Crippen LogP contribution in [0.25, 0.3) is 0 Å². The van der Waals surface area contributed by atoms with E-state index in [1.165, 1.54) is 6.42 Å². The number of amides is 1. The van der Waals surface area contributed by atoms with Gasteiger partial charge in [-0.3, -0.25) is 4.90 Å². The Bertz CT molecular complexity index is 298. The average Bonchev–Trinajstić information content (AvgIpc) is 2.60. The molecule has 2 heterocycles. The molecule has 0 saturated carbocycles. The first-order valence-corrected chi connectivity index (χ1v) is 7.38. The van der Waals surface area contributed by atoms with Gasteiger partial charge in [0.1, 0.15) is 5.60 Å². The molecule has 2 saturated heterocycles. The Labute approximate surface area is 116 Å². The van der Waals surface area contributed by atoms with Gasteiger partial charge in [0.15, 0.2) is 0 Å². The van der Waals surface area contributed by atoms with Gasteiger partial charge in [0.25, 0.3) is 0 Å². The van der Waals surface area contributed by atoms with Crippen molar-refractivity contribution in [2.24, 2.45) is 0 Å². The molecule has 2 fully saturated rings. The summed E-state index contributed by atoms with van der Waals surface area (Å²) in [5, 5.41) is 3.44. The van der Waals surface area contributed by atoms with Gasteiger partial charge in [-0.15, -0.1) is 0 Å². The van der Waals surface area contributed by atoms with Gasteiger partial charge in [0.2, 0.25) is 0 Å². The highest BCUT2D eigenvalue weighted by atomic mass is 16.6. The summed E-state index contributed by atoms with van der Waals surface area (Å²) in [4.78, 5) is 16.5. The van der Waals surface area contributed by atoms with E-state index in [4.69, 9.17) is 4.74 Å². The average molecular weight is 269 g/mol. The highest BCUT2D eigenvalue weighted by molar-refractivity contribution is 5.68. The molecule has 0 aliphatic carbocycles. The fraction of sp³-hybridized carbons (Fsp3) is 0.929. The Morgan fingerprint density at radius 1 is 1.11 bits per heavy atom. The number of nitrogens with one attached hydrogen (secondary N) is 1. The molecule has 2 aliphatic heterocycles. The number of fused-ring (bicyclic) bond motifs is 1. The predicted octanol–water partition coefficient (Wildman–Crippen LogP) is 1.29. The van der Waals surface area contributed by atoms with Crippen molar-refractivity contribution in [2.45, 2.75) is 45.3 Å². The molecule has 1 amide bonds. The van der Waals surface area contributed by atoms with Crippen LogP contribution in [0.2, 0.25) is 0 Å². The summed E-state index contributed by atoms with van der Waals surface area (Å²) in [5.41, 5.74) is -0.405. The second-order valence-electron chi connectivity index (χ2n) is 6.48. The summed E-state index contributed by atoms with van der Waals surface area (Å²) in [5.74, 6) is 0. The molecule has 0 radical (unpaired) electrons. The monoisotopic (exact) mass is 269 g/mol. The lowest BCUT2D eigenvalue weighted by atomic mass is 10.1. The molecule has 0 aromatic heterocycles. The zero-order valence-electron chi connectivity index (χ0n) is 12.4. The standard InChI is InChI=1S/C14H27N3O2/c1-14(2,3)19-13(18)17-8-5-12-4-6-15-7-9-16(12)10-11-17/h12,15H,4-11H2,1-3H3. The lowest BCUT2D eigenvalue weighted by Gasteiger charge is -2.26. The molecule has 0 aromatic carbocycles. The summed E-state index contributed by atoms with van der Waals surface area (Å²) < 4.78 is 5.47. The summed E-state index contributed by atoms with van der Waals surface area (Å²) >= 11 is 0. The van der Waals surface area contributed by atoms with Crippen LogP contribution >= 0.6 is 0 Å². The zero-order valence-corrected chi connectivity index (χ0v) is 12.4. The number of carbonyl (C=O) groups is 1. The lowest BCUT2D eigenvalue weighted by Crippen LogP contribution is -2.40. The van der Waals surface area contributed by atoms with Crippen LogP contribution in [0.4, 0.5) is 4.79 Å². The smallest absolute Gasteiger partial charge is 0.410 e. The summed E-state index contributed by atoms with van der Waals surface area (Å²) in [7, 11) is 0. The predicted molar refractivity (Wildman–Crippen MR) is 75.3 cm³/mol. The van der Waals surface area contributed by atoms with Gasteiger partial charge in [-0.05, 0) is 40.2 Å². The molecule has 0 spiro atoms. The van der Waals surface area contributed by atoms with Gasteiger partial charge in [-0.25, -0.2) is 4.79 Å². The van der Waals surface area contributed by atoms with Crippen molar-refractivity contribution in [1.82, 2.24) is 15.1 Å². The molecule has 110 valence electrons. The number of rotatable bonds is 0. The van der Waals surface area contributed by atoms with E-state index in [2.05, 4.69) is 10.2 Å². The molecular formula is C14H27N3O2. The molecular weight excluding hydrogens is 242 g/mol. The lowest BCUT2D eigenvalue weighted by molar-refractivity contribution is 0.0258. The van der Waals surface area contributed by atoms with Crippen LogP contribution in [0, 0.1) is 0 Å². The number of carbonyl (C=O) groups excluding carboxylic acids is 1. The maximum absolute atomic E-state index is 12.1. The van der Waals surface area contributed by atoms with Gasteiger partial charge in [0.05, 0.1) is 0 Å². The molecule has 0 bridgehead atoms. The van der Waals surface area contributed by atoms with Gasteiger partial charge in [-0.2, -0.15) is 0 Å². The van der Waals surface area contributed by atoms with Crippen LogP contribution in [0.1, 0.15) is 33.6 Å². The van der Waals surface area contributed by atoms with Crippen LogP contribution in [-0.4, -0.2) is 66.8 Å². The highest BCUT2D eigenvalue weighted by Gasteiger charge is 2.29. The molecule has 19 heavy (non-hydrogen) atoms. The maximum Gasteiger partial charge on any atom is 0.410 e. The van der Waals surface area contributed by atoms with E-state index < -0.39 is 5.60 Å². The normalized spacial score (nSPS) is 26.3. The SMILES string of the molecule is CC(C)(C)OC(=O)N1CCC2CCNCCN2CC1. The van der Waals surface area contributed by atoms with Crippen molar-refractivity contribution in [2.75, 3.05) is 39.3 Å². The van der Waals surface area contributed by atoms with E-state index in [1.54, 1.807) is 0 Å². The first kappa shape index (κ1) is 14.6. The molecule has 1 N–H and O–H groups in total. The summed E-state index contributed by atoms with van der Waals surface area (Å²) in [6.45, 7) is 11.6. The van der Waals surface area contributed by atoms with E-state index in [-0.39, 0.29) is 6.09 Å². The van der Waals surface area contributed by atoms with Crippen LogP contribution < -0.4 is 5.32 Å². The van der Waals surface area contributed by atoms with Crippen molar-refractivity contribution in [3.05, 3.63) is 0 Å². The van der Waals surface area contributed by atoms with Crippen LogP contribution in [0.3, 0.4) is 0 Å². The van der Waals surface area contributed by atoms with Crippen molar-refractivity contribution >= 4 is 6.09 Å². The first-order valence-electron chi connectivity index (χ1n) is 7.38. The van der Waals surface area contributed by atoms with E-state index in [1.807, 2.05) is 25.7 Å². The number of hydrogen-bond acceptors (Lipinski definition) is 4. The van der Waals surface area contributed by atoms with Crippen molar-refractivity contribution in [1.29, 1.82) is 0 Å². The topological polar surface area (TPSA) is 44.8 Å². The fourth-order valence-corrected chi connectivity index (χ4v) is 2.78. The minimum atomic E-state index is -0.405. The number of ether oxygens (including phenoxy) is 1. The van der Waals surface area contributed by atoms with Gasteiger partial charge in [0, 0.05) is 38.8 Å². The molecule has 5 heteroatoms. The Hall–Kier alpha value is -0.810. The van der Waals surface area contributed by atoms with Crippen LogP contribution in [0.5, 0.6) is 0 Å². The molecule has 1 atom stereocenters. The molecule has 1 unspecified atom stereocenters. The van der Waals surface area contributed by atoms with Crippen LogP contribution in [0.15, 0.2) is 0 Å². The second-order valence-corrected chi connectivity index (χ2v) is 6.48. The van der Waals surface area contributed by atoms with Crippen LogP contribution in [-0.2, 0) is 4.74 Å². The molecule has 5 nitrogen and oxygen atoms in total. The Morgan fingerprint density at radius 2 is 1.89 bits per heavy atom. The minimum absolute atomic E-state index is 0.164. The van der Waals surface area contributed by atoms with Crippen molar-refractivity contribution < 1.29 is 9.53 Å². The quantitative estimate of drug-likeness (QED) is 0.720. The first-order chi connectivity index (χ1) is 8.96. The van der Waals surface area contributed by atoms with Gasteiger partial charge >= 0.3 is 6.09 Å². The Kier molecular flexibility index (Phi) is 4.68. The number of hydrogen-bond donors (Lipinski definition) is 1. The van der Waals surface area contributed by atoms with Gasteiger partial charge < -0.3 is 15.0 Å². The third kappa shape index (κ3) is 4.35. The number of nitrogens with zero attached hydrogens (tertiary/aromatic N) is 2.